The molecule has 0 aromatic heterocycles. The van der Waals surface area contributed by atoms with Gasteiger partial charge in [0.25, 0.3) is 0 Å². The van der Waals surface area contributed by atoms with Gasteiger partial charge in [0, 0.05) is 20.8 Å². The first kappa shape index (κ1) is 12.5. The predicted molar refractivity (Wildman–Crippen MR) is 79.3 cm³/mol. The molecule has 0 spiro atoms. The normalized spacial score (nSPS) is 10.5. The molecular formula is C14H14BrNS. The molecule has 0 heterocycles. The predicted octanol–water partition coefficient (Wildman–Crippen LogP) is 4.63. The second-order valence-electron chi connectivity index (χ2n) is 3.91. The molecule has 17 heavy (non-hydrogen) atoms. The van der Waals surface area contributed by atoms with E-state index in [1.807, 2.05) is 30.0 Å². The third-order valence-corrected chi connectivity index (χ3v) is 4.53. The van der Waals surface area contributed by atoms with Crippen LogP contribution in [0.4, 0.5) is 5.69 Å². The van der Waals surface area contributed by atoms with Gasteiger partial charge in [0.2, 0.25) is 0 Å². The SMILES string of the molecule is Cc1ccc(N)cc1SCc1ccccc1Br. The molecule has 0 amide bonds. The summed E-state index contributed by atoms with van der Waals surface area (Å²) in [5.74, 6) is 0.950. The average Bonchev–Trinajstić information content (AvgIpc) is 2.32. The summed E-state index contributed by atoms with van der Waals surface area (Å²) in [4.78, 5) is 1.25. The zero-order chi connectivity index (χ0) is 12.3. The van der Waals surface area contributed by atoms with E-state index in [-0.39, 0.29) is 0 Å². The van der Waals surface area contributed by atoms with Crippen LogP contribution >= 0.6 is 27.7 Å². The molecule has 0 atom stereocenters. The van der Waals surface area contributed by atoms with Gasteiger partial charge in [0.1, 0.15) is 0 Å². The second-order valence-corrected chi connectivity index (χ2v) is 5.78. The van der Waals surface area contributed by atoms with Crippen molar-refractivity contribution in [2.45, 2.75) is 17.6 Å². The molecule has 2 aromatic carbocycles. The van der Waals surface area contributed by atoms with E-state index in [4.69, 9.17) is 5.73 Å². The first-order chi connectivity index (χ1) is 8.16. The summed E-state index contributed by atoms with van der Waals surface area (Å²) in [6.45, 7) is 2.11. The lowest BCUT2D eigenvalue weighted by atomic mass is 10.2. The monoisotopic (exact) mass is 307 g/mol. The maximum atomic E-state index is 5.80. The lowest BCUT2D eigenvalue weighted by molar-refractivity contribution is 1.29. The Morgan fingerprint density at radius 2 is 1.94 bits per heavy atom. The fourth-order valence-corrected chi connectivity index (χ4v) is 3.23. The number of benzene rings is 2. The summed E-state index contributed by atoms with van der Waals surface area (Å²) in [5.41, 5.74) is 9.21. The van der Waals surface area contributed by atoms with Crippen molar-refractivity contribution in [3.63, 3.8) is 0 Å². The summed E-state index contributed by atoms with van der Waals surface area (Å²) in [6.07, 6.45) is 0. The molecule has 2 rings (SSSR count). The largest absolute Gasteiger partial charge is 0.399 e. The Balaban J connectivity index is 2.12. The molecule has 88 valence electrons. The van der Waals surface area contributed by atoms with Crippen LogP contribution in [-0.2, 0) is 5.75 Å². The minimum Gasteiger partial charge on any atom is -0.399 e. The zero-order valence-corrected chi connectivity index (χ0v) is 12.0. The quantitative estimate of drug-likeness (QED) is 0.661. The van der Waals surface area contributed by atoms with Gasteiger partial charge in [0.15, 0.2) is 0 Å². The molecule has 0 aliphatic rings. The molecule has 0 aliphatic carbocycles. The van der Waals surface area contributed by atoms with Crippen molar-refractivity contribution in [3.05, 3.63) is 58.1 Å². The van der Waals surface area contributed by atoms with Crippen molar-refractivity contribution in [1.82, 2.24) is 0 Å². The highest BCUT2D eigenvalue weighted by atomic mass is 79.9. The van der Waals surface area contributed by atoms with Crippen LogP contribution in [0, 0.1) is 6.92 Å². The summed E-state index contributed by atoms with van der Waals surface area (Å²) in [5, 5.41) is 0. The van der Waals surface area contributed by atoms with Gasteiger partial charge in [0.05, 0.1) is 0 Å². The van der Waals surface area contributed by atoms with Crippen molar-refractivity contribution in [2.75, 3.05) is 5.73 Å². The second kappa shape index (κ2) is 5.61. The molecule has 1 nitrogen and oxygen atoms in total. The Hall–Kier alpha value is -0.930. The van der Waals surface area contributed by atoms with Crippen molar-refractivity contribution in [2.24, 2.45) is 0 Å². The third-order valence-electron chi connectivity index (χ3n) is 2.55. The van der Waals surface area contributed by atoms with E-state index in [1.165, 1.54) is 16.0 Å². The summed E-state index contributed by atoms with van der Waals surface area (Å²) in [6, 6.07) is 14.4. The van der Waals surface area contributed by atoms with E-state index < -0.39 is 0 Å². The average molecular weight is 308 g/mol. The molecule has 2 aromatic rings. The summed E-state index contributed by atoms with van der Waals surface area (Å²) < 4.78 is 1.16. The highest BCUT2D eigenvalue weighted by molar-refractivity contribution is 9.10. The van der Waals surface area contributed by atoms with E-state index in [2.05, 4.69) is 47.1 Å². The topological polar surface area (TPSA) is 26.0 Å². The van der Waals surface area contributed by atoms with Gasteiger partial charge in [-0.1, -0.05) is 40.2 Å². The van der Waals surface area contributed by atoms with E-state index in [0.29, 0.717) is 0 Å². The maximum absolute atomic E-state index is 5.80. The van der Waals surface area contributed by atoms with Crippen LogP contribution in [0.3, 0.4) is 0 Å². The number of hydrogen-bond donors (Lipinski definition) is 1. The number of anilines is 1. The number of thioether (sulfide) groups is 1. The molecule has 0 bridgehead atoms. The standard InChI is InChI=1S/C14H14BrNS/c1-10-6-7-12(16)8-14(10)17-9-11-4-2-3-5-13(11)15/h2-8H,9,16H2,1H3. The fourth-order valence-electron chi connectivity index (χ4n) is 1.54. The number of aryl methyl sites for hydroxylation is 1. The van der Waals surface area contributed by atoms with Crippen LogP contribution in [0.2, 0.25) is 0 Å². The van der Waals surface area contributed by atoms with E-state index in [9.17, 15) is 0 Å². The number of nitrogen functional groups attached to an aromatic ring is 1. The zero-order valence-electron chi connectivity index (χ0n) is 9.61. The number of halogens is 1. The van der Waals surface area contributed by atoms with Crippen LogP contribution in [-0.4, -0.2) is 0 Å². The molecule has 0 saturated heterocycles. The molecule has 0 unspecified atom stereocenters. The van der Waals surface area contributed by atoms with Gasteiger partial charge in [-0.3, -0.25) is 0 Å². The van der Waals surface area contributed by atoms with Crippen LogP contribution in [0.25, 0.3) is 0 Å². The highest BCUT2D eigenvalue weighted by Gasteiger charge is 2.03. The Kier molecular flexibility index (Phi) is 4.13. The Bertz CT molecular complexity index is 525. The van der Waals surface area contributed by atoms with Gasteiger partial charge in [-0.15, -0.1) is 11.8 Å². The number of rotatable bonds is 3. The van der Waals surface area contributed by atoms with Gasteiger partial charge in [-0.05, 0) is 36.2 Å². The van der Waals surface area contributed by atoms with Crippen LogP contribution < -0.4 is 5.73 Å². The van der Waals surface area contributed by atoms with Crippen LogP contribution in [0.15, 0.2) is 51.8 Å². The molecular weight excluding hydrogens is 294 g/mol. The summed E-state index contributed by atoms with van der Waals surface area (Å²) >= 11 is 5.38. The first-order valence-corrected chi connectivity index (χ1v) is 7.17. The van der Waals surface area contributed by atoms with Crippen molar-refractivity contribution in [3.8, 4) is 0 Å². The van der Waals surface area contributed by atoms with Gasteiger partial charge < -0.3 is 5.73 Å². The Labute approximate surface area is 115 Å². The molecule has 0 saturated carbocycles. The summed E-state index contributed by atoms with van der Waals surface area (Å²) in [7, 11) is 0. The van der Waals surface area contributed by atoms with E-state index >= 15 is 0 Å². The number of nitrogens with two attached hydrogens (primary N) is 1. The highest BCUT2D eigenvalue weighted by Crippen LogP contribution is 2.30. The fraction of sp³-hybridized carbons (Fsp3) is 0.143. The van der Waals surface area contributed by atoms with Crippen LogP contribution in [0.1, 0.15) is 11.1 Å². The van der Waals surface area contributed by atoms with Crippen molar-refractivity contribution < 1.29 is 0 Å². The van der Waals surface area contributed by atoms with E-state index in [0.717, 1.165) is 15.9 Å². The lowest BCUT2D eigenvalue weighted by Gasteiger charge is -2.07. The molecule has 3 heteroatoms. The van der Waals surface area contributed by atoms with Gasteiger partial charge >= 0.3 is 0 Å². The number of hydrogen-bond acceptors (Lipinski definition) is 2. The molecule has 0 radical (unpaired) electrons. The molecule has 0 aliphatic heterocycles. The first-order valence-electron chi connectivity index (χ1n) is 5.39. The van der Waals surface area contributed by atoms with Crippen molar-refractivity contribution >= 4 is 33.4 Å². The van der Waals surface area contributed by atoms with Gasteiger partial charge in [-0.25, -0.2) is 0 Å². The van der Waals surface area contributed by atoms with Crippen LogP contribution in [0.5, 0.6) is 0 Å². The molecule has 0 fully saturated rings. The van der Waals surface area contributed by atoms with Gasteiger partial charge in [-0.2, -0.15) is 0 Å². The minimum absolute atomic E-state index is 0.824. The van der Waals surface area contributed by atoms with E-state index in [1.54, 1.807) is 0 Å². The maximum Gasteiger partial charge on any atom is 0.0325 e. The lowest BCUT2D eigenvalue weighted by Crippen LogP contribution is -1.88. The Morgan fingerprint density at radius 1 is 1.18 bits per heavy atom. The molecule has 2 N–H and O–H groups in total. The third kappa shape index (κ3) is 3.27. The smallest absolute Gasteiger partial charge is 0.0325 e. The van der Waals surface area contributed by atoms with Crippen molar-refractivity contribution in [1.29, 1.82) is 0 Å². The Morgan fingerprint density at radius 3 is 2.71 bits per heavy atom. The minimum atomic E-state index is 0.824.